The zero-order valence-electron chi connectivity index (χ0n) is 11.9. The predicted octanol–water partition coefficient (Wildman–Crippen LogP) is 1.79. The number of pyridine rings is 1. The highest BCUT2D eigenvalue weighted by Crippen LogP contribution is 2.32. The third kappa shape index (κ3) is 3.93. The standard InChI is InChI=1S/C15H22N2O3/c1-2-20-14-12(6-5-9-16-14)11-17-13(18)10-15(19)7-3-4-8-15/h5-6,9,19H,2-4,7-8,10-11H2,1H3,(H,17,18). The lowest BCUT2D eigenvalue weighted by molar-refractivity contribution is -0.126. The van der Waals surface area contributed by atoms with Gasteiger partial charge in [-0.15, -0.1) is 0 Å². The van der Waals surface area contributed by atoms with E-state index in [1.807, 2.05) is 19.1 Å². The van der Waals surface area contributed by atoms with E-state index in [-0.39, 0.29) is 12.3 Å². The summed E-state index contributed by atoms with van der Waals surface area (Å²) in [7, 11) is 0. The number of nitrogens with zero attached hydrogens (tertiary/aromatic N) is 1. The van der Waals surface area contributed by atoms with Crippen LogP contribution in [-0.2, 0) is 11.3 Å². The Hall–Kier alpha value is -1.62. The van der Waals surface area contributed by atoms with Crippen LogP contribution in [0.4, 0.5) is 0 Å². The Balaban J connectivity index is 1.87. The fraction of sp³-hybridized carbons (Fsp3) is 0.600. The zero-order valence-corrected chi connectivity index (χ0v) is 11.9. The fourth-order valence-corrected chi connectivity index (χ4v) is 2.59. The molecule has 2 N–H and O–H groups in total. The summed E-state index contributed by atoms with van der Waals surface area (Å²) in [6.07, 6.45) is 5.28. The molecule has 2 rings (SSSR count). The Kier molecular flexibility index (Phi) is 4.95. The van der Waals surface area contributed by atoms with Crippen molar-refractivity contribution in [3.05, 3.63) is 23.9 Å². The lowest BCUT2D eigenvalue weighted by Gasteiger charge is -2.21. The van der Waals surface area contributed by atoms with Gasteiger partial charge in [-0.25, -0.2) is 4.98 Å². The van der Waals surface area contributed by atoms with Gasteiger partial charge in [0.1, 0.15) is 0 Å². The summed E-state index contributed by atoms with van der Waals surface area (Å²) in [5.74, 6) is 0.426. The van der Waals surface area contributed by atoms with Crippen molar-refractivity contribution >= 4 is 5.91 Å². The minimum Gasteiger partial charge on any atom is -0.478 e. The first kappa shape index (κ1) is 14.8. The van der Waals surface area contributed by atoms with Crippen molar-refractivity contribution in [3.63, 3.8) is 0 Å². The van der Waals surface area contributed by atoms with Crippen molar-refractivity contribution in [3.8, 4) is 5.88 Å². The Morgan fingerprint density at radius 1 is 1.50 bits per heavy atom. The number of amides is 1. The predicted molar refractivity (Wildman–Crippen MR) is 75.3 cm³/mol. The first-order valence-electron chi connectivity index (χ1n) is 7.19. The quantitative estimate of drug-likeness (QED) is 0.832. The van der Waals surface area contributed by atoms with E-state index in [9.17, 15) is 9.90 Å². The van der Waals surface area contributed by atoms with E-state index in [4.69, 9.17) is 4.74 Å². The zero-order chi connectivity index (χ0) is 14.4. The number of ether oxygens (including phenoxy) is 1. The molecular weight excluding hydrogens is 256 g/mol. The van der Waals surface area contributed by atoms with Crippen molar-refractivity contribution in [2.75, 3.05) is 6.61 Å². The second kappa shape index (κ2) is 6.70. The molecule has 1 saturated carbocycles. The normalized spacial score (nSPS) is 16.9. The van der Waals surface area contributed by atoms with Gasteiger partial charge in [0.2, 0.25) is 11.8 Å². The molecule has 0 aliphatic heterocycles. The number of carbonyl (C=O) groups excluding carboxylic acids is 1. The van der Waals surface area contributed by atoms with E-state index in [1.165, 1.54) is 0 Å². The molecule has 1 heterocycles. The van der Waals surface area contributed by atoms with Crippen molar-refractivity contribution < 1.29 is 14.6 Å². The van der Waals surface area contributed by atoms with Crippen molar-refractivity contribution in [1.82, 2.24) is 10.3 Å². The number of rotatable bonds is 6. The highest BCUT2D eigenvalue weighted by molar-refractivity contribution is 5.77. The van der Waals surface area contributed by atoms with E-state index in [2.05, 4.69) is 10.3 Å². The number of hydrogen-bond acceptors (Lipinski definition) is 4. The number of aromatic nitrogens is 1. The van der Waals surface area contributed by atoms with Crippen LogP contribution in [0.5, 0.6) is 5.88 Å². The van der Waals surface area contributed by atoms with E-state index in [0.717, 1.165) is 31.2 Å². The molecule has 0 unspecified atom stereocenters. The number of nitrogens with one attached hydrogen (secondary N) is 1. The van der Waals surface area contributed by atoms with Crippen LogP contribution in [0.25, 0.3) is 0 Å². The van der Waals surface area contributed by atoms with Gasteiger partial charge in [0.15, 0.2) is 0 Å². The first-order chi connectivity index (χ1) is 9.63. The SMILES string of the molecule is CCOc1ncccc1CNC(=O)CC1(O)CCCC1. The maximum absolute atomic E-state index is 11.9. The van der Waals surface area contributed by atoms with Crippen LogP contribution in [0.2, 0.25) is 0 Å². The molecule has 0 saturated heterocycles. The fourth-order valence-electron chi connectivity index (χ4n) is 2.59. The second-order valence-electron chi connectivity index (χ2n) is 5.29. The van der Waals surface area contributed by atoms with Gasteiger partial charge >= 0.3 is 0 Å². The third-order valence-corrected chi connectivity index (χ3v) is 3.63. The van der Waals surface area contributed by atoms with Crippen LogP contribution in [0.15, 0.2) is 18.3 Å². The van der Waals surface area contributed by atoms with Crippen LogP contribution in [-0.4, -0.2) is 28.2 Å². The van der Waals surface area contributed by atoms with Gasteiger partial charge in [0.25, 0.3) is 0 Å². The van der Waals surface area contributed by atoms with Gasteiger partial charge in [-0.3, -0.25) is 4.79 Å². The molecule has 1 aromatic heterocycles. The second-order valence-corrected chi connectivity index (χ2v) is 5.29. The van der Waals surface area contributed by atoms with E-state index < -0.39 is 5.60 Å². The summed E-state index contributed by atoms with van der Waals surface area (Å²) >= 11 is 0. The highest BCUT2D eigenvalue weighted by Gasteiger charge is 2.33. The topological polar surface area (TPSA) is 71.5 Å². The largest absolute Gasteiger partial charge is 0.478 e. The van der Waals surface area contributed by atoms with Crippen molar-refractivity contribution in [2.45, 2.75) is 51.2 Å². The van der Waals surface area contributed by atoms with Gasteiger partial charge < -0.3 is 15.2 Å². The number of aliphatic hydroxyl groups is 1. The molecule has 0 atom stereocenters. The maximum atomic E-state index is 11.9. The summed E-state index contributed by atoms with van der Waals surface area (Å²) in [6.45, 7) is 2.81. The molecule has 1 fully saturated rings. The van der Waals surface area contributed by atoms with Crippen molar-refractivity contribution in [2.24, 2.45) is 0 Å². The first-order valence-corrected chi connectivity index (χ1v) is 7.19. The molecule has 0 bridgehead atoms. The Labute approximate surface area is 119 Å². The summed E-state index contributed by atoms with van der Waals surface area (Å²) < 4.78 is 5.41. The molecule has 5 heteroatoms. The van der Waals surface area contributed by atoms with E-state index >= 15 is 0 Å². The average molecular weight is 278 g/mol. The summed E-state index contributed by atoms with van der Waals surface area (Å²) in [5, 5.41) is 13.0. The monoisotopic (exact) mass is 278 g/mol. The number of carbonyl (C=O) groups is 1. The van der Waals surface area contributed by atoms with Crippen LogP contribution in [0, 0.1) is 0 Å². The molecule has 1 aliphatic rings. The molecule has 1 amide bonds. The molecular formula is C15H22N2O3. The van der Waals surface area contributed by atoms with Gasteiger partial charge in [0.05, 0.1) is 18.6 Å². The summed E-state index contributed by atoms with van der Waals surface area (Å²) in [5.41, 5.74) is 0.0445. The van der Waals surface area contributed by atoms with Gasteiger partial charge in [-0.2, -0.15) is 0 Å². The Morgan fingerprint density at radius 2 is 2.25 bits per heavy atom. The van der Waals surface area contributed by atoms with Gasteiger partial charge in [-0.1, -0.05) is 18.9 Å². The van der Waals surface area contributed by atoms with E-state index in [1.54, 1.807) is 6.20 Å². The number of hydrogen-bond donors (Lipinski definition) is 2. The molecule has 0 radical (unpaired) electrons. The van der Waals surface area contributed by atoms with E-state index in [0.29, 0.717) is 19.0 Å². The maximum Gasteiger partial charge on any atom is 0.223 e. The van der Waals surface area contributed by atoms with Crippen LogP contribution in [0.1, 0.15) is 44.6 Å². The van der Waals surface area contributed by atoms with Gasteiger partial charge in [0, 0.05) is 18.3 Å². The third-order valence-electron chi connectivity index (χ3n) is 3.63. The van der Waals surface area contributed by atoms with Crippen LogP contribution < -0.4 is 10.1 Å². The summed E-state index contributed by atoms with van der Waals surface area (Å²) in [6, 6.07) is 3.69. The van der Waals surface area contributed by atoms with Crippen LogP contribution in [0.3, 0.4) is 0 Å². The lowest BCUT2D eigenvalue weighted by atomic mass is 9.98. The Morgan fingerprint density at radius 3 is 2.95 bits per heavy atom. The molecule has 5 nitrogen and oxygen atoms in total. The average Bonchev–Trinajstić information content (AvgIpc) is 2.84. The van der Waals surface area contributed by atoms with Crippen molar-refractivity contribution in [1.29, 1.82) is 0 Å². The molecule has 20 heavy (non-hydrogen) atoms. The highest BCUT2D eigenvalue weighted by atomic mass is 16.5. The molecule has 1 aromatic rings. The smallest absolute Gasteiger partial charge is 0.223 e. The van der Waals surface area contributed by atoms with Crippen LogP contribution >= 0.6 is 0 Å². The minimum absolute atomic E-state index is 0.124. The minimum atomic E-state index is -0.804. The molecule has 1 aliphatic carbocycles. The van der Waals surface area contributed by atoms with Gasteiger partial charge in [-0.05, 0) is 25.8 Å². The lowest BCUT2D eigenvalue weighted by Crippen LogP contribution is -2.34. The molecule has 110 valence electrons. The summed E-state index contributed by atoms with van der Waals surface area (Å²) in [4.78, 5) is 16.1. The molecule has 0 aromatic carbocycles. The molecule has 0 spiro atoms. The Bertz CT molecular complexity index is 456.